The number of hydrogen-bond acceptors (Lipinski definition) is 4. The van der Waals surface area contributed by atoms with E-state index in [2.05, 4.69) is 5.32 Å². The van der Waals surface area contributed by atoms with E-state index in [9.17, 15) is 9.90 Å². The van der Waals surface area contributed by atoms with Crippen molar-refractivity contribution < 1.29 is 9.90 Å². The molecule has 0 spiro atoms. The van der Waals surface area contributed by atoms with E-state index in [1.165, 1.54) is 6.07 Å². The van der Waals surface area contributed by atoms with Crippen molar-refractivity contribution in [1.82, 2.24) is 0 Å². The molecule has 0 saturated carbocycles. The van der Waals surface area contributed by atoms with Crippen LogP contribution in [0.4, 0.5) is 11.4 Å². The quantitative estimate of drug-likeness (QED) is 0.619. The summed E-state index contributed by atoms with van der Waals surface area (Å²) in [4.78, 5) is 11.0. The van der Waals surface area contributed by atoms with Crippen molar-refractivity contribution in [3.8, 4) is 0 Å². The highest BCUT2D eigenvalue weighted by atomic mass is 16.3. The first-order valence-electron chi connectivity index (χ1n) is 6.24. The normalized spacial score (nSPS) is 11.8. The average molecular weight is 271 g/mol. The first-order valence-corrected chi connectivity index (χ1v) is 6.24. The monoisotopic (exact) mass is 271 g/mol. The Morgan fingerprint density at radius 3 is 2.50 bits per heavy atom. The molecule has 0 aliphatic rings. The Morgan fingerprint density at radius 1 is 1.20 bits per heavy atom. The third-order valence-corrected chi connectivity index (χ3v) is 3.01. The zero-order valence-electron chi connectivity index (χ0n) is 10.9. The third kappa shape index (κ3) is 3.27. The van der Waals surface area contributed by atoms with Gasteiger partial charge in [0, 0.05) is 12.1 Å². The van der Waals surface area contributed by atoms with Gasteiger partial charge in [-0.3, -0.25) is 4.79 Å². The van der Waals surface area contributed by atoms with Gasteiger partial charge in [0.05, 0.1) is 17.5 Å². The predicted octanol–water partition coefficient (Wildman–Crippen LogP) is 1.51. The van der Waals surface area contributed by atoms with Crippen LogP contribution in [0.15, 0.2) is 48.5 Å². The van der Waals surface area contributed by atoms with Gasteiger partial charge in [-0.25, -0.2) is 0 Å². The summed E-state index contributed by atoms with van der Waals surface area (Å²) in [6, 6.07) is 14.1. The maximum absolute atomic E-state index is 11.0. The molecule has 0 saturated heterocycles. The molecule has 0 fully saturated rings. The van der Waals surface area contributed by atoms with E-state index in [1.54, 1.807) is 12.1 Å². The molecule has 20 heavy (non-hydrogen) atoms. The van der Waals surface area contributed by atoms with Crippen molar-refractivity contribution in [1.29, 1.82) is 0 Å². The van der Waals surface area contributed by atoms with Crippen molar-refractivity contribution >= 4 is 17.3 Å². The number of carbonyl (C=O) groups is 1. The Hall–Kier alpha value is -2.53. The lowest BCUT2D eigenvalue weighted by Gasteiger charge is -2.14. The summed E-state index contributed by atoms with van der Waals surface area (Å²) in [7, 11) is 0. The minimum absolute atomic E-state index is 0.324. The minimum Gasteiger partial charge on any atom is -0.397 e. The molecule has 6 N–H and O–H groups in total. The summed E-state index contributed by atoms with van der Waals surface area (Å²) in [6.07, 6.45) is -0.633. The summed E-state index contributed by atoms with van der Waals surface area (Å²) in [5.74, 6) is -0.521. The standard InChI is InChI=1S/C15H17N3O2/c16-12-8-11(15(17)20)6-7-13(12)18-9-14(19)10-4-2-1-3-5-10/h1-8,14,18-19H,9,16H2,(H2,17,20). The van der Waals surface area contributed by atoms with Gasteiger partial charge >= 0.3 is 0 Å². The zero-order chi connectivity index (χ0) is 14.5. The summed E-state index contributed by atoms with van der Waals surface area (Å²) >= 11 is 0. The Balaban J connectivity index is 2.02. The summed E-state index contributed by atoms with van der Waals surface area (Å²) < 4.78 is 0. The van der Waals surface area contributed by atoms with Crippen LogP contribution in [-0.4, -0.2) is 17.6 Å². The Kier molecular flexibility index (Phi) is 4.22. The molecule has 0 bridgehead atoms. The van der Waals surface area contributed by atoms with Crippen LogP contribution in [0.2, 0.25) is 0 Å². The van der Waals surface area contributed by atoms with E-state index < -0.39 is 12.0 Å². The van der Waals surface area contributed by atoms with Gasteiger partial charge in [-0.2, -0.15) is 0 Å². The molecule has 5 heteroatoms. The van der Waals surface area contributed by atoms with Gasteiger partial charge in [0.2, 0.25) is 5.91 Å². The Morgan fingerprint density at radius 2 is 1.90 bits per heavy atom. The maximum atomic E-state index is 11.0. The van der Waals surface area contributed by atoms with Crippen molar-refractivity contribution in [3.63, 3.8) is 0 Å². The van der Waals surface area contributed by atoms with Crippen molar-refractivity contribution in [2.75, 3.05) is 17.6 Å². The van der Waals surface area contributed by atoms with Crippen molar-refractivity contribution in [3.05, 3.63) is 59.7 Å². The lowest BCUT2D eigenvalue weighted by Crippen LogP contribution is -2.14. The van der Waals surface area contributed by atoms with E-state index >= 15 is 0 Å². The molecule has 0 radical (unpaired) electrons. The van der Waals surface area contributed by atoms with Gasteiger partial charge in [-0.05, 0) is 23.8 Å². The second kappa shape index (κ2) is 6.08. The molecule has 0 aliphatic heterocycles. The number of aliphatic hydroxyl groups excluding tert-OH is 1. The van der Waals surface area contributed by atoms with E-state index in [1.807, 2.05) is 30.3 Å². The molecule has 104 valence electrons. The SMILES string of the molecule is NC(=O)c1ccc(NCC(O)c2ccccc2)c(N)c1. The number of benzene rings is 2. The van der Waals surface area contributed by atoms with Crippen LogP contribution < -0.4 is 16.8 Å². The Bertz CT molecular complexity index is 599. The smallest absolute Gasteiger partial charge is 0.248 e. The first kappa shape index (κ1) is 13.9. The number of carbonyl (C=O) groups excluding carboxylic acids is 1. The third-order valence-electron chi connectivity index (χ3n) is 3.01. The van der Waals surface area contributed by atoms with Crippen molar-refractivity contribution in [2.45, 2.75) is 6.10 Å². The molecule has 2 aromatic rings. The molecule has 2 rings (SSSR count). The topological polar surface area (TPSA) is 101 Å². The number of nitrogens with two attached hydrogens (primary N) is 2. The zero-order valence-corrected chi connectivity index (χ0v) is 10.9. The molecule has 1 amide bonds. The maximum Gasteiger partial charge on any atom is 0.248 e. The van der Waals surface area contributed by atoms with Crippen LogP contribution in [-0.2, 0) is 0 Å². The fourth-order valence-electron chi connectivity index (χ4n) is 1.88. The van der Waals surface area contributed by atoms with E-state index in [0.29, 0.717) is 23.5 Å². The van der Waals surface area contributed by atoms with Crippen LogP contribution >= 0.6 is 0 Å². The second-order valence-electron chi connectivity index (χ2n) is 4.47. The fourth-order valence-corrected chi connectivity index (χ4v) is 1.88. The number of aliphatic hydroxyl groups is 1. The number of hydrogen-bond donors (Lipinski definition) is 4. The molecular weight excluding hydrogens is 254 g/mol. The number of primary amides is 1. The van der Waals surface area contributed by atoms with Crippen molar-refractivity contribution in [2.24, 2.45) is 5.73 Å². The average Bonchev–Trinajstić information content (AvgIpc) is 2.46. The van der Waals surface area contributed by atoms with Gasteiger partial charge in [-0.1, -0.05) is 30.3 Å². The molecular formula is C15H17N3O2. The predicted molar refractivity (Wildman–Crippen MR) is 79.3 cm³/mol. The summed E-state index contributed by atoms with van der Waals surface area (Å²) in [6.45, 7) is 0.324. The molecule has 0 heterocycles. The number of anilines is 2. The minimum atomic E-state index is -0.633. The lowest BCUT2D eigenvalue weighted by atomic mass is 10.1. The molecule has 2 aromatic carbocycles. The highest BCUT2D eigenvalue weighted by Crippen LogP contribution is 2.21. The largest absolute Gasteiger partial charge is 0.397 e. The number of nitrogens with one attached hydrogen (secondary N) is 1. The lowest BCUT2D eigenvalue weighted by molar-refractivity contribution is 0.100. The Labute approximate surface area is 117 Å². The number of amides is 1. The second-order valence-corrected chi connectivity index (χ2v) is 4.47. The van der Waals surface area contributed by atoms with Crippen LogP contribution in [0.1, 0.15) is 22.0 Å². The van der Waals surface area contributed by atoms with Crippen LogP contribution in [0.25, 0.3) is 0 Å². The van der Waals surface area contributed by atoms with Crippen LogP contribution in [0.3, 0.4) is 0 Å². The summed E-state index contributed by atoms with van der Waals surface area (Å²) in [5.41, 5.74) is 13.3. The van der Waals surface area contributed by atoms with Crippen LogP contribution in [0, 0.1) is 0 Å². The molecule has 0 aliphatic carbocycles. The van der Waals surface area contributed by atoms with E-state index in [0.717, 1.165) is 5.56 Å². The first-order chi connectivity index (χ1) is 9.58. The molecule has 0 aromatic heterocycles. The molecule has 1 unspecified atom stereocenters. The highest BCUT2D eigenvalue weighted by Gasteiger charge is 2.09. The number of rotatable bonds is 5. The van der Waals surface area contributed by atoms with Gasteiger partial charge in [0.25, 0.3) is 0 Å². The van der Waals surface area contributed by atoms with Crippen LogP contribution in [0.5, 0.6) is 0 Å². The molecule has 1 atom stereocenters. The van der Waals surface area contributed by atoms with Gasteiger partial charge in [0.1, 0.15) is 0 Å². The molecule has 5 nitrogen and oxygen atoms in total. The van der Waals surface area contributed by atoms with Gasteiger partial charge in [0.15, 0.2) is 0 Å². The fraction of sp³-hybridized carbons (Fsp3) is 0.133. The number of nitrogen functional groups attached to an aromatic ring is 1. The van der Waals surface area contributed by atoms with Gasteiger partial charge in [-0.15, -0.1) is 0 Å². The van der Waals surface area contributed by atoms with E-state index in [4.69, 9.17) is 11.5 Å². The van der Waals surface area contributed by atoms with E-state index in [-0.39, 0.29) is 0 Å². The summed E-state index contributed by atoms with van der Waals surface area (Å²) in [5, 5.41) is 13.1. The van der Waals surface area contributed by atoms with Gasteiger partial charge < -0.3 is 21.9 Å². The highest BCUT2D eigenvalue weighted by molar-refractivity contribution is 5.94.